The highest BCUT2D eigenvalue weighted by Gasteiger charge is 1.99. The van der Waals surface area contributed by atoms with Gasteiger partial charge in [-0.05, 0) is 0 Å². The highest BCUT2D eigenvalue weighted by atomic mass is 19.1. The number of hydrogen-bond donors (Lipinski definition) is 2. The van der Waals surface area contributed by atoms with Gasteiger partial charge in [-0.2, -0.15) is 9.37 Å². The van der Waals surface area contributed by atoms with Gasteiger partial charge in [0.25, 0.3) is 0 Å². The van der Waals surface area contributed by atoms with E-state index in [2.05, 4.69) is 16.2 Å². The Morgan fingerprint density at radius 3 is 3.00 bits per heavy atom. The minimum Gasteiger partial charge on any atom is -0.465 e. The number of rotatable bonds is 1. The predicted molar refractivity (Wildman–Crippen MR) is 32.5 cm³/mol. The molecule has 1 rings (SSSR count). The van der Waals surface area contributed by atoms with Crippen LogP contribution in [0, 0.1) is 12.3 Å². The van der Waals surface area contributed by atoms with E-state index in [9.17, 15) is 9.18 Å². The zero-order valence-corrected chi connectivity index (χ0v) is 5.21. The van der Waals surface area contributed by atoms with Crippen LogP contribution in [-0.4, -0.2) is 21.2 Å². The van der Waals surface area contributed by atoms with Crippen molar-refractivity contribution in [2.45, 2.75) is 0 Å². The Morgan fingerprint density at radius 2 is 2.55 bits per heavy atom. The molecule has 0 bridgehead atoms. The molecule has 0 aliphatic carbocycles. The summed E-state index contributed by atoms with van der Waals surface area (Å²) < 4.78 is 12.0. The molecule has 57 valence electrons. The van der Waals surface area contributed by atoms with Gasteiger partial charge in [-0.1, -0.05) is 0 Å². The van der Waals surface area contributed by atoms with E-state index in [0.29, 0.717) is 0 Å². The highest BCUT2D eigenvalue weighted by molar-refractivity contribution is 5.81. The lowest BCUT2D eigenvalue weighted by atomic mass is 10.5. The quantitative estimate of drug-likeness (QED) is 0.580. The highest BCUT2D eigenvalue weighted by Crippen LogP contribution is 1.99. The zero-order chi connectivity index (χ0) is 8.27. The first-order valence-electron chi connectivity index (χ1n) is 2.58. The number of carbonyl (C=O) groups is 1. The second-order valence-electron chi connectivity index (χ2n) is 1.59. The predicted octanol–water partition coefficient (Wildman–Crippen LogP) is 0.506. The van der Waals surface area contributed by atoms with E-state index in [1.165, 1.54) is 0 Å². The van der Waals surface area contributed by atoms with E-state index in [4.69, 9.17) is 5.11 Å². The van der Waals surface area contributed by atoms with Crippen LogP contribution < -0.4 is 5.32 Å². The van der Waals surface area contributed by atoms with Crippen LogP contribution in [-0.2, 0) is 0 Å². The first-order chi connectivity index (χ1) is 5.18. The molecule has 0 aliphatic rings. The van der Waals surface area contributed by atoms with Gasteiger partial charge in [0.15, 0.2) is 0 Å². The Labute approximate surface area is 60.9 Å². The Balaban J connectivity index is 2.74. The minimum absolute atomic E-state index is 0.0129. The molecule has 0 aromatic carbocycles. The van der Waals surface area contributed by atoms with Crippen molar-refractivity contribution in [2.24, 2.45) is 0 Å². The summed E-state index contributed by atoms with van der Waals surface area (Å²) in [6, 6.07) is 0. The molecule has 0 spiro atoms. The molecule has 0 aliphatic heterocycles. The van der Waals surface area contributed by atoms with Crippen LogP contribution in [0.2, 0.25) is 0 Å². The van der Waals surface area contributed by atoms with E-state index >= 15 is 0 Å². The van der Waals surface area contributed by atoms with Crippen LogP contribution >= 0.6 is 0 Å². The largest absolute Gasteiger partial charge is 0.465 e. The monoisotopic (exact) mass is 156 g/mol. The first-order valence-corrected chi connectivity index (χ1v) is 2.58. The van der Waals surface area contributed by atoms with Crippen molar-refractivity contribution in [3.05, 3.63) is 18.5 Å². The van der Waals surface area contributed by atoms with Crippen molar-refractivity contribution in [2.75, 3.05) is 5.32 Å². The lowest BCUT2D eigenvalue weighted by molar-refractivity contribution is 0.209. The van der Waals surface area contributed by atoms with Crippen LogP contribution in [0.5, 0.6) is 0 Å². The second-order valence-corrected chi connectivity index (χ2v) is 1.59. The molecule has 0 saturated carbocycles. The minimum atomic E-state index is -1.27. The van der Waals surface area contributed by atoms with Gasteiger partial charge in [0.2, 0.25) is 0 Å². The maximum Gasteiger partial charge on any atom is 0.409 e. The molecule has 0 saturated heterocycles. The molecule has 1 aromatic rings. The van der Waals surface area contributed by atoms with Crippen molar-refractivity contribution in [1.29, 1.82) is 0 Å². The van der Waals surface area contributed by atoms with Gasteiger partial charge in [0.1, 0.15) is 6.20 Å². The maximum absolute atomic E-state index is 12.0. The summed E-state index contributed by atoms with van der Waals surface area (Å²) in [6.07, 6.45) is 0.860. The van der Waals surface area contributed by atoms with Gasteiger partial charge in [-0.25, -0.2) is 9.78 Å². The van der Waals surface area contributed by atoms with Gasteiger partial charge in [0.05, 0.1) is 11.9 Å². The number of anilines is 1. The standard InChI is InChI=1S/C5H3FN3O2/c6-4-7-1-3(2-8-4)9-5(10)11/h1,9H,(H,10,11). The van der Waals surface area contributed by atoms with E-state index < -0.39 is 12.2 Å². The fourth-order valence-electron chi connectivity index (χ4n) is 0.457. The fourth-order valence-corrected chi connectivity index (χ4v) is 0.457. The first kappa shape index (κ1) is 7.39. The molecule has 1 amide bonds. The zero-order valence-electron chi connectivity index (χ0n) is 5.21. The maximum atomic E-state index is 12.0. The molecular formula is C5H3FN3O2. The summed E-state index contributed by atoms with van der Waals surface area (Å²) in [5, 5.41) is 10.1. The van der Waals surface area contributed by atoms with Crippen LogP contribution in [0.4, 0.5) is 14.9 Å². The Bertz CT molecular complexity index is 261. The van der Waals surface area contributed by atoms with Crippen molar-refractivity contribution < 1.29 is 14.3 Å². The van der Waals surface area contributed by atoms with E-state index in [0.717, 1.165) is 6.20 Å². The molecule has 0 unspecified atom stereocenters. The van der Waals surface area contributed by atoms with E-state index in [1.807, 2.05) is 5.32 Å². The van der Waals surface area contributed by atoms with Crippen molar-refractivity contribution in [3.8, 4) is 0 Å². The van der Waals surface area contributed by atoms with Gasteiger partial charge in [-0.3, -0.25) is 5.32 Å². The number of carboxylic acid groups (broad SMARTS) is 1. The average Bonchev–Trinajstić information content (AvgIpc) is 1.93. The molecule has 2 N–H and O–H groups in total. The normalized spacial score (nSPS) is 9.18. The lowest BCUT2D eigenvalue weighted by Gasteiger charge is -1.95. The number of aromatic nitrogens is 2. The summed E-state index contributed by atoms with van der Waals surface area (Å²) in [5.74, 6) is 0. The molecule has 0 fully saturated rings. The van der Waals surface area contributed by atoms with Gasteiger partial charge < -0.3 is 5.11 Å². The summed E-state index contributed by atoms with van der Waals surface area (Å²) in [6.45, 7) is 0. The molecule has 1 heterocycles. The van der Waals surface area contributed by atoms with Crippen LogP contribution in [0.3, 0.4) is 0 Å². The Morgan fingerprint density at radius 1 is 1.82 bits per heavy atom. The number of amides is 1. The van der Waals surface area contributed by atoms with Crippen molar-refractivity contribution >= 4 is 11.8 Å². The molecule has 0 atom stereocenters. The third-order valence-electron chi connectivity index (χ3n) is 0.810. The summed E-state index contributed by atoms with van der Waals surface area (Å²) >= 11 is 0. The average molecular weight is 156 g/mol. The van der Waals surface area contributed by atoms with E-state index in [-0.39, 0.29) is 5.69 Å². The van der Waals surface area contributed by atoms with Gasteiger partial charge in [0, 0.05) is 0 Å². The van der Waals surface area contributed by atoms with E-state index in [1.54, 1.807) is 0 Å². The molecule has 1 aromatic heterocycles. The second kappa shape index (κ2) is 2.91. The lowest BCUT2D eigenvalue weighted by Crippen LogP contribution is -2.08. The molecule has 1 radical (unpaired) electrons. The van der Waals surface area contributed by atoms with Crippen LogP contribution in [0.1, 0.15) is 0 Å². The smallest absolute Gasteiger partial charge is 0.409 e. The molecular weight excluding hydrogens is 153 g/mol. The topological polar surface area (TPSA) is 75.1 Å². The van der Waals surface area contributed by atoms with Gasteiger partial charge >= 0.3 is 12.2 Å². The fraction of sp³-hybridized carbons (Fsp3) is 0. The third kappa shape index (κ3) is 2.17. The Kier molecular flexibility index (Phi) is 1.95. The summed E-state index contributed by atoms with van der Waals surface area (Å²) in [4.78, 5) is 16.1. The number of halogens is 1. The van der Waals surface area contributed by atoms with Gasteiger partial charge in [-0.15, -0.1) is 0 Å². The molecule has 5 nitrogen and oxygen atoms in total. The van der Waals surface area contributed by atoms with Crippen molar-refractivity contribution in [1.82, 2.24) is 9.97 Å². The molecule has 11 heavy (non-hydrogen) atoms. The number of hydrogen-bond acceptors (Lipinski definition) is 3. The summed E-state index contributed by atoms with van der Waals surface area (Å²) in [7, 11) is 0. The summed E-state index contributed by atoms with van der Waals surface area (Å²) in [5.41, 5.74) is 0.0129. The molecule has 6 heteroatoms. The number of nitrogens with one attached hydrogen (secondary N) is 1. The van der Waals surface area contributed by atoms with Crippen LogP contribution in [0.25, 0.3) is 0 Å². The Hall–Kier alpha value is -1.72. The SMILES string of the molecule is O=C(O)Nc1[c]nc(F)nc1. The van der Waals surface area contributed by atoms with Crippen molar-refractivity contribution in [3.63, 3.8) is 0 Å². The van der Waals surface area contributed by atoms with Crippen LogP contribution in [0.15, 0.2) is 6.20 Å². The third-order valence-corrected chi connectivity index (χ3v) is 0.810. The number of nitrogens with zero attached hydrogens (tertiary/aromatic N) is 2.